The molecule has 0 radical (unpaired) electrons. The Labute approximate surface area is 153 Å². The minimum absolute atomic E-state index is 0.342. The van der Waals surface area contributed by atoms with Crippen molar-refractivity contribution in [1.82, 2.24) is 4.90 Å². The van der Waals surface area contributed by atoms with Crippen molar-refractivity contribution >= 4 is 17.2 Å². The van der Waals surface area contributed by atoms with Gasteiger partial charge in [0, 0.05) is 25.6 Å². The second kappa shape index (κ2) is 12.7. The number of hydrogen-bond donors (Lipinski definition) is 0. The fourth-order valence-electron chi connectivity index (χ4n) is 2.75. The topological polar surface area (TPSA) is 27.0 Å². The van der Waals surface area contributed by atoms with E-state index in [1.54, 1.807) is 6.08 Å². The van der Waals surface area contributed by atoms with Gasteiger partial charge in [0.2, 0.25) is 0 Å². The third kappa shape index (κ3) is 7.75. The molecule has 0 bridgehead atoms. The van der Waals surface area contributed by atoms with Crippen LogP contribution in [-0.2, 0) is 0 Å². The summed E-state index contributed by atoms with van der Waals surface area (Å²) in [5.74, 6) is 0.342. The molecule has 0 fully saturated rings. The first kappa shape index (κ1) is 20.4. The molecule has 130 valence electrons. The molecule has 1 aromatic carbocycles. The van der Waals surface area contributed by atoms with Gasteiger partial charge in [-0.25, -0.2) is 0 Å². The van der Waals surface area contributed by atoms with Crippen LogP contribution in [0.15, 0.2) is 42.5 Å². The van der Waals surface area contributed by atoms with Gasteiger partial charge >= 0.3 is 0 Å². The van der Waals surface area contributed by atoms with Crippen LogP contribution < -0.4 is 0 Å². The van der Waals surface area contributed by atoms with Gasteiger partial charge in [0.25, 0.3) is 0 Å². The number of benzene rings is 1. The van der Waals surface area contributed by atoms with E-state index >= 15 is 0 Å². The maximum atomic E-state index is 8.74. The predicted molar refractivity (Wildman–Crippen MR) is 107 cm³/mol. The summed E-state index contributed by atoms with van der Waals surface area (Å²) in [5, 5.41) is 8.74. The van der Waals surface area contributed by atoms with Crippen molar-refractivity contribution in [2.75, 3.05) is 13.1 Å². The Morgan fingerprint density at radius 2 is 1.79 bits per heavy atom. The van der Waals surface area contributed by atoms with Crippen molar-refractivity contribution in [2.24, 2.45) is 0 Å². The summed E-state index contributed by atoms with van der Waals surface area (Å²) in [5.41, 5.74) is 1.30. The second-order valence-corrected chi connectivity index (χ2v) is 6.64. The van der Waals surface area contributed by atoms with Crippen molar-refractivity contribution in [3.63, 3.8) is 0 Å². The van der Waals surface area contributed by atoms with Crippen LogP contribution in [0, 0.1) is 11.3 Å². The monoisotopic (exact) mass is 342 g/mol. The highest BCUT2D eigenvalue weighted by Gasteiger charge is 2.16. The van der Waals surface area contributed by atoms with Crippen molar-refractivity contribution in [2.45, 2.75) is 58.3 Å². The van der Waals surface area contributed by atoms with E-state index < -0.39 is 0 Å². The number of thiocarbonyl (C=S) groups is 1. The molecule has 0 saturated heterocycles. The molecule has 0 saturated carbocycles. The van der Waals surface area contributed by atoms with Gasteiger partial charge in [-0.05, 0) is 30.7 Å². The van der Waals surface area contributed by atoms with E-state index in [9.17, 15) is 0 Å². The Hall–Kier alpha value is -1.66. The van der Waals surface area contributed by atoms with E-state index in [4.69, 9.17) is 17.5 Å². The third-order valence-corrected chi connectivity index (χ3v) is 4.65. The van der Waals surface area contributed by atoms with Gasteiger partial charge in [0.1, 0.15) is 0 Å². The predicted octanol–water partition coefficient (Wildman–Crippen LogP) is 5.86. The molecule has 0 N–H and O–H groups in total. The molecule has 2 nitrogen and oxygen atoms in total. The number of hydrogen-bond acceptors (Lipinski definition) is 2. The van der Waals surface area contributed by atoms with Gasteiger partial charge in [-0.2, -0.15) is 5.26 Å². The second-order valence-electron chi connectivity index (χ2n) is 6.17. The van der Waals surface area contributed by atoms with Gasteiger partial charge in [0.15, 0.2) is 0 Å². The minimum Gasteiger partial charge on any atom is -0.366 e. The highest BCUT2D eigenvalue weighted by Crippen LogP contribution is 2.25. The molecule has 24 heavy (non-hydrogen) atoms. The zero-order valence-corrected chi connectivity index (χ0v) is 15.9. The zero-order valence-electron chi connectivity index (χ0n) is 15.1. The Bertz CT molecular complexity index is 523. The van der Waals surface area contributed by atoms with Crippen LogP contribution in [0.25, 0.3) is 0 Å². The molecule has 0 unspecified atom stereocenters. The van der Waals surface area contributed by atoms with Gasteiger partial charge < -0.3 is 4.90 Å². The number of allylic oxidation sites excluding steroid dienone is 2. The third-order valence-electron chi connectivity index (χ3n) is 4.22. The fraction of sp³-hybridized carbons (Fsp3) is 0.524. The number of nitriles is 1. The zero-order chi connectivity index (χ0) is 17.6. The smallest absolute Gasteiger partial charge is 0.0908 e. The van der Waals surface area contributed by atoms with Crippen LogP contribution >= 0.6 is 12.2 Å². The molecular weight excluding hydrogens is 312 g/mol. The summed E-state index contributed by atoms with van der Waals surface area (Å²) in [7, 11) is 0. The summed E-state index contributed by atoms with van der Waals surface area (Å²) in [6.45, 7) is 6.57. The van der Waals surface area contributed by atoms with Gasteiger partial charge in [-0.15, -0.1) is 0 Å². The first-order chi connectivity index (χ1) is 11.7. The molecule has 0 aliphatic carbocycles. The van der Waals surface area contributed by atoms with Crippen LogP contribution in [0.2, 0.25) is 0 Å². The number of unbranched alkanes of at least 4 members (excludes halogenated alkanes) is 2. The summed E-state index contributed by atoms with van der Waals surface area (Å²) in [4.78, 5) is 3.46. The van der Waals surface area contributed by atoms with E-state index in [2.05, 4.69) is 49.1 Å². The Balaban J connectivity index is 2.79. The normalized spacial score (nSPS) is 12.0. The highest BCUT2D eigenvalue weighted by atomic mass is 32.1. The van der Waals surface area contributed by atoms with Crippen molar-refractivity contribution in [3.8, 4) is 6.07 Å². The molecule has 1 aromatic rings. The number of rotatable bonds is 11. The molecule has 0 amide bonds. The molecule has 1 atom stereocenters. The van der Waals surface area contributed by atoms with Gasteiger partial charge in [0.05, 0.1) is 11.1 Å². The summed E-state index contributed by atoms with van der Waals surface area (Å²) in [6.07, 6.45) is 10.0. The quantitative estimate of drug-likeness (QED) is 0.372. The van der Waals surface area contributed by atoms with Gasteiger partial charge in [-0.3, -0.25) is 0 Å². The summed E-state index contributed by atoms with van der Waals surface area (Å²) < 4.78 is 0. The number of nitrogens with zero attached hydrogens (tertiary/aromatic N) is 2. The average Bonchev–Trinajstić information content (AvgIpc) is 2.61. The first-order valence-electron chi connectivity index (χ1n) is 9.10. The van der Waals surface area contributed by atoms with Crippen molar-refractivity contribution in [3.05, 3.63) is 48.0 Å². The maximum Gasteiger partial charge on any atom is 0.0908 e. The van der Waals surface area contributed by atoms with Gasteiger partial charge in [-0.1, -0.05) is 75.3 Å². The highest BCUT2D eigenvalue weighted by molar-refractivity contribution is 7.80. The lowest BCUT2D eigenvalue weighted by atomic mass is 9.92. The molecule has 0 aromatic heterocycles. The molecule has 0 aliphatic rings. The maximum absolute atomic E-state index is 8.74. The lowest BCUT2D eigenvalue weighted by Gasteiger charge is -2.28. The van der Waals surface area contributed by atoms with E-state index in [-0.39, 0.29) is 0 Å². The van der Waals surface area contributed by atoms with E-state index in [0.29, 0.717) is 5.92 Å². The van der Waals surface area contributed by atoms with Crippen molar-refractivity contribution < 1.29 is 0 Å². The molecule has 3 heteroatoms. The van der Waals surface area contributed by atoms with Crippen LogP contribution in [0.5, 0.6) is 0 Å². The van der Waals surface area contributed by atoms with E-state index in [1.807, 2.05) is 12.1 Å². The van der Waals surface area contributed by atoms with Crippen LogP contribution in [0.1, 0.15) is 63.9 Å². The Morgan fingerprint density at radius 1 is 1.17 bits per heavy atom. The Morgan fingerprint density at radius 3 is 2.33 bits per heavy atom. The van der Waals surface area contributed by atoms with Crippen LogP contribution in [0.3, 0.4) is 0 Å². The molecule has 0 heterocycles. The lowest BCUT2D eigenvalue weighted by molar-refractivity contribution is 0.394. The molecule has 0 spiro atoms. The SMILES string of the molecule is CCCCN(CCCC)C(=S)C[C@@H](C/C=C/C#N)c1ccccc1. The Kier molecular flexibility index (Phi) is 10.8. The van der Waals surface area contributed by atoms with Crippen molar-refractivity contribution in [1.29, 1.82) is 5.26 Å². The molecule has 0 aliphatic heterocycles. The minimum atomic E-state index is 0.342. The van der Waals surface area contributed by atoms with E-state index in [1.165, 1.54) is 31.2 Å². The summed E-state index contributed by atoms with van der Waals surface area (Å²) >= 11 is 5.79. The molecular formula is C21H30N2S. The average molecular weight is 343 g/mol. The summed E-state index contributed by atoms with van der Waals surface area (Å²) in [6, 6.07) is 12.6. The van der Waals surface area contributed by atoms with Crippen LogP contribution in [0.4, 0.5) is 0 Å². The lowest BCUT2D eigenvalue weighted by Crippen LogP contribution is -2.32. The molecule has 1 rings (SSSR count). The largest absolute Gasteiger partial charge is 0.366 e. The fourth-order valence-corrected chi connectivity index (χ4v) is 3.13. The first-order valence-corrected chi connectivity index (χ1v) is 9.51. The standard InChI is InChI=1S/C21H30N2S/c1-3-5-16-23(17-6-4-2)21(24)18-20(14-10-11-15-22)19-12-8-7-9-13-19/h7-13,20H,3-6,14,16-18H2,1-2H3/b11-10+/t20-/m1/s1. The van der Waals surface area contributed by atoms with E-state index in [0.717, 1.165) is 30.9 Å². The van der Waals surface area contributed by atoms with Crippen LogP contribution in [-0.4, -0.2) is 23.0 Å².